The lowest BCUT2D eigenvalue weighted by Gasteiger charge is -2.57. The van der Waals surface area contributed by atoms with Crippen LogP contribution in [0.5, 0.6) is 0 Å². The largest absolute Gasteiger partial charge is 0.366 e. The molecule has 140 valence electrons. The third kappa shape index (κ3) is 3.50. The lowest BCUT2D eigenvalue weighted by atomic mass is 9.49. The standard InChI is InChI=1S/C21H29N3O2/c1-13(20(26)24-18-4-2-17(3-5-18)19(22)25)23-12-21-9-14-6-15(10-21)8-16(7-14)11-21/h2-5,13-16,23H,6-12H2,1H3,(H2,22,25)(H,24,26)/t13-,14?,15?,16?,21?/m0/s1. The SMILES string of the molecule is C[C@H](NCC12CC3CC(CC(C3)C1)C2)C(=O)Nc1ccc(C(N)=O)cc1. The van der Waals surface area contributed by atoms with Crippen molar-refractivity contribution in [2.45, 2.75) is 51.5 Å². The average Bonchev–Trinajstić information content (AvgIpc) is 2.59. The molecule has 5 heteroatoms. The fourth-order valence-electron chi connectivity index (χ4n) is 5.94. The Morgan fingerprint density at radius 2 is 1.62 bits per heavy atom. The first kappa shape index (κ1) is 17.5. The van der Waals surface area contributed by atoms with E-state index < -0.39 is 5.91 Å². The minimum atomic E-state index is -0.464. The van der Waals surface area contributed by atoms with Crippen molar-refractivity contribution in [2.24, 2.45) is 28.9 Å². The van der Waals surface area contributed by atoms with Gasteiger partial charge in [-0.15, -0.1) is 0 Å². The highest BCUT2D eigenvalue weighted by atomic mass is 16.2. The van der Waals surface area contributed by atoms with Gasteiger partial charge < -0.3 is 16.4 Å². The summed E-state index contributed by atoms with van der Waals surface area (Å²) < 4.78 is 0. The normalized spacial score (nSPS) is 33.0. The van der Waals surface area contributed by atoms with Gasteiger partial charge in [-0.3, -0.25) is 9.59 Å². The molecule has 4 aliphatic rings. The van der Waals surface area contributed by atoms with E-state index in [-0.39, 0.29) is 11.9 Å². The highest BCUT2D eigenvalue weighted by molar-refractivity contribution is 5.96. The summed E-state index contributed by atoms with van der Waals surface area (Å²) >= 11 is 0. The van der Waals surface area contributed by atoms with E-state index in [1.165, 1.54) is 38.5 Å². The molecule has 1 aromatic rings. The maximum absolute atomic E-state index is 12.5. The smallest absolute Gasteiger partial charge is 0.248 e. The topological polar surface area (TPSA) is 84.2 Å². The number of amides is 2. The van der Waals surface area contributed by atoms with Crippen LogP contribution in [-0.4, -0.2) is 24.4 Å². The second kappa shape index (κ2) is 6.69. The van der Waals surface area contributed by atoms with E-state index in [4.69, 9.17) is 5.73 Å². The molecule has 0 spiro atoms. The number of nitrogens with one attached hydrogen (secondary N) is 2. The molecule has 0 unspecified atom stereocenters. The Kier molecular flexibility index (Phi) is 4.51. The van der Waals surface area contributed by atoms with Crippen molar-refractivity contribution in [3.8, 4) is 0 Å². The molecule has 4 saturated carbocycles. The average molecular weight is 355 g/mol. The Bertz CT molecular complexity index is 662. The van der Waals surface area contributed by atoms with Crippen molar-refractivity contribution < 1.29 is 9.59 Å². The van der Waals surface area contributed by atoms with E-state index in [0.717, 1.165) is 24.3 Å². The van der Waals surface area contributed by atoms with E-state index >= 15 is 0 Å². The van der Waals surface area contributed by atoms with Crippen LogP contribution in [0.2, 0.25) is 0 Å². The highest BCUT2D eigenvalue weighted by Gasteiger charge is 2.50. The van der Waals surface area contributed by atoms with Crippen molar-refractivity contribution >= 4 is 17.5 Å². The molecular weight excluding hydrogens is 326 g/mol. The van der Waals surface area contributed by atoms with Gasteiger partial charge in [0.05, 0.1) is 6.04 Å². The van der Waals surface area contributed by atoms with Gasteiger partial charge in [0, 0.05) is 17.8 Å². The molecule has 0 radical (unpaired) electrons. The Balaban J connectivity index is 1.31. The van der Waals surface area contributed by atoms with E-state index in [9.17, 15) is 9.59 Å². The van der Waals surface area contributed by atoms with Crippen molar-refractivity contribution in [1.29, 1.82) is 0 Å². The van der Waals surface area contributed by atoms with Crippen molar-refractivity contribution in [3.63, 3.8) is 0 Å². The Morgan fingerprint density at radius 1 is 1.08 bits per heavy atom. The molecule has 0 aliphatic heterocycles. The third-order valence-corrected chi connectivity index (χ3v) is 6.78. The minimum Gasteiger partial charge on any atom is -0.366 e. The molecule has 1 aromatic carbocycles. The van der Waals surface area contributed by atoms with Crippen molar-refractivity contribution in [2.75, 3.05) is 11.9 Å². The van der Waals surface area contributed by atoms with E-state index in [2.05, 4.69) is 10.6 Å². The van der Waals surface area contributed by atoms with Gasteiger partial charge >= 0.3 is 0 Å². The predicted molar refractivity (Wildman–Crippen MR) is 102 cm³/mol. The van der Waals surface area contributed by atoms with Crippen molar-refractivity contribution in [1.82, 2.24) is 5.32 Å². The number of primary amides is 1. The zero-order valence-corrected chi connectivity index (χ0v) is 15.5. The first-order chi connectivity index (χ1) is 12.4. The second-order valence-electron chi connectivity index (χ2n) is 8.95. The fourth-order valence-corrected chi connectivity index (χ4v) is 5.94. The minimum absolute atomic E-state index is 0.0402. The first-order valence-corrected chi connectivity index (χ1v) is 9.86. The molecule has 1 atom stereocenters. The summed E-state index contributed by atoms with van der Waals surface area (Å²) in [6.07, 6.45) is 8.35. The second-order valence-corrected chi connectivity index (χ2v) is 8.95. The summed E-state index contributed by atoms with van der Waals surface area (Å²) in [6, 6.07) is 6.45. The molecule has 5 nitrogen and oxygen atoms in total. The van der Waals surface area contributed by atoms with Gasteiger partial charge in [0.25, 0.3) is 0 Å². The summed E-state index contributed by atoms with van der Waals surface area (Å²) in [5, 5.41) is 6.42. The molecule has 0 heterocycles. The van der Waals surface area contributed by atoms with Crippen LogP contribution in [0.4, 0.5) is 5.69 Å². The Labute approximate surface area is 155 Å². The van der Waals surface area contributed by atoms with Crippen LogP contribution in [0.3, 0.4) is 0 Å². The number of benzene rings is 1. The number of rotatable bonds is 6. The van der Waals surface area contributed by atoms with Crippen LogP contribution in [0.25, 0.3) is 0 Å². The number of hydrogen-bond acceptors (Lipinski definition) is 3. The molecule has 4 aliphatic carbocycles. The fraction of sp³-hybridized carbons (Fsp3) is 0.619. The molecule has 4 fully saturated rings. The molecule has 26 heavy (non-hydrogen) atoms. The van der Waals surface area contributed by atoms with E-state index in [1.54, 1.807) is 24.3 Å². The van der Waals surface area contributed by atoms with Gasteiger partial charge in [-0.05, 0) is 92.9 Å². The van der Waals surface area contributed by atoms with Gasteiger partial charge in [0.2, 0.25) is 11.8 Å². The summed E-state index contributed by atoms with van der Waals surface area (Å²) in [5.41, 5.74) is 6.79. The van der Waals surface area contributed by atoms with Crippen LogP contribution in [0.15, 0.2) is 24.3 Å². The summed E-state index contributed by atoms with van der Waals surface area (Å²) in [7, 11) is 0. The molecule has 2 amide bonds. The number of carbonyl (C=O) groups excluding carboxylic acids is 2. The lowest BCUT2D eigenvalue weighted by Crippen LogP contribution is -2.52. The van der Waals surface area contributed by atoms with Crippen LogP contribution in [-0.2, 0) is 4.79 Å². The van der Waals surface area contributed by atoms with Crippen LogP contribution in [0.1, 0.15) is 55.8 Å². The zero-order valence-electron chi connectivity index (χ0n) is 15.5. The Hall–Kier alpha value is -1.88. The third-order valence-electron chi connectivity index (χ3n) is 6.78. The molecular formula is C21H29N3O2. The first-order valence-electron chi connectivity index (χ1n) is 9.86. The van der Waals surface area contributed by atoms with Crippen LogP contribution >= 0.6 is 0 Å². The summed E-state index contributed by atoms with van der Waals surface area (Å²) in [6.45, 7) is 2.87. The van der Waals surface area contributed by atoms with Gasteiger partial charge in [0.15, 0.2) is 0 Å². The molecule has 0 saturated heterocycles. The Morgan fingerprint density at radius 3 is 2.12 bits per heavy atom. The zero-order chi connectivity index (χ0) is 18.3. The number of nitrogens with two attached hydrogens (primary N) is 1. The van der Waals surface area contributed by atoms with E-state index in [0.29, 0.717) is 16.7 Å². The molecule has 5 rings (SSSR count). The summed E-state index contributed by atoms with van der Waals surface area (Å²) in [5.74, 6) is 2.28. The predicted octanol–water partition coefficient (Wildman–Crippen LogP) is 2.92. The quantitative estimate of drug-likeness (QED) is 0.733. The molecule has 4 bridgehead atoms. The molecule has 4 N–H and O–H groups in total. The van der Waals surface area contributed by atoms with Gasteiger partial charge in [0.1, 0.15) is 0 Å². The van der Waals surface area contributed by atoms with Gasteiger partial charge in [-0.25, -0.2) is 0 Å². The van der Waals surface area contributed by atoms with Gasteiger partial charge in [-0.2, -0.15) is 0 Å². The van der Waals surface area contributed by atoms with Crippen molar-refractivity contribution in [3.05, 3.63) is 29.8 Å². The molecule has 0 aromatic heterocycles. The number of carbonyl (C=O) groups is 2. The number of anilines is 1. The maximum Gasteiger partial charge on any atom is 0.248 e. The monoisotopic (exact) mass is 355 g/mol. The number of hydrogen-bond donors (Lipinski definition) is 3. The highest BCUT2D eigenvalue weighted by Crippen LogP contribution is 2.59. The van der Waals surface area contributed by atoms with Crippen LogP contribution < -0.4 is 16.4 Å². The maximum atomic E-state index is 12.5. The van der Waals surface area contributed by atoms with Crippen LogP contribution in [0, 0.1) is 23.2 Å². The summed E-state index contributed by atoms with van der Waals surface area (Å²) in [4.78, 5) is 23.6. The lowest BCUT2D eigenvalue weighted by molar-refractivity contribution is -0.118. The van der Waals surface area contributed by atoms with Gasteiger partial charge in [-0.1, -0.05) is 0 Å². The van der Waals surface area contributed by atoms with E-state index in [1.807, 2.05) is 6.92 Å².